The monoisotopic (exact) mass is 257 g/mol. The first-order chi connectivity index (χ1) is 9.20. The Bertz CT molecular complexity index is 618. The van der Waals surface area contributed by atoms with Crippen molar-refractivity contribution in [2.24, 2.45) is 0 Å². The van der Waals surface area contributed by atoms with E-state index in [4.69, 9.17) is 4.74 Å². The number of hydrogen-bond donors (Lipinski definition) is 2. The van der Waals surface area contributed by atoms with Crippen molar-refractivity contribution in [2.45, 2.75) is 18.6 Å². The van der Waals surface area contributed by atoms with E-state index in [0.29, 0.717) is 18.7 Å². The number of benzene rings is 2. The van der Waals surface area contributed by atoms with Gasteiger partial charge in [-0.3, -0.25) is 5.32 Å². The average Bonchev–Trinajstić information content (AvgIpc) is 2.88. The van der Waals surface area contributed by atoms with Gasteiger partial charge in [-0.15, -0.1) is 0 Å². The van der Waals surface area contributed by atoms with Gasteiger partial charge in [0.1, 0.15) is 5.75 Å². The molecule has 1 aliphatic rings. The van der Waals surface area contributed by atoms with Crippen molar-refractivity contribution in [3.63, 3.8) is 0 Å². The zero-order valence-corrected chi connectivity index (χ0v) is 10.4. The van der Waals surface area contributed by atoms with Crippen molar-refractivity contribution in [1.29, 1.82) is 0 Å². The summed E-state index contributed by atoms with van der Waals surface area (Å²) >= 11 is 0. The molecule has 0 aromatic heterocycles. The topological polar surface area (TPSA) is 58.6 Å². The molecule has 0 spiro atoms. The Kier molecular flexibility index (Phi) is 2.87. The SMILES string of the molecule is O=C(O)[C@]1(Oc2ccc3ccccc3c2)CCCN1. The molecule has 1 fully saturated rings. The maximum absolute atomic E-state index is 11.4. The lowest BCUT2D eigenvalue weighted by atomic mass is 10.1. The van der Waals surface area contributed by atoms with E-state index in [2.05, 4.69) is 5.32 Å². The molecule has 0 aliphatic carbocycles. The molecule has 98 valence electrons. The van der Waals surface area contributed by atoms with Gasteiger partial charge in [-0.25, -0.2) is 4.79 Å². The van der Waals surface area contributed by atoms with Crippen molar-refractivity contribution < 1.29 is 14.6 Å². The molecule has 0 amide bonds. The van der Waals surface area contributed by atoms with Gasteiger partial charge < -0.3 is 9.84 Å². The van der Waals surface area contributed by atoms with Crippen molar-refractivity contribution in [3.8, 4) is 5.75 Å². The number of fused-ring (bicyclic) bond motifs is 1. The molecule has 2 aromatic carbocycles. The lowest BCUT2D eigenvalue weighted by Crippen LogP contribution is -2.52. The molecule has 4 nitrogen and oxygen atoms in total. The largest absolute Gasteiger partial charge is 0.477 e. The molecular formula is C15H15NO3. The third-order valence-corrected chi connectivity index (χ3v) is 3.47. The van der Waals surface area contributed by atoms with Crippen molar-refractivity contribution in [1.82, 2.24) is 5.32 Å². The van der Waals surface area contributed by atoms with Crippen LogP contribution in [-0.4, -0.2) is 23.3 Å². The van der Waals surface area contributed by atoms with Crippen LogP contribution in [0.2, 0.25) is 0 Å². The van der Waals surface area contributed by atoms with Gasteiger partial charge in [-0.2, -0.15) is 0 Å². The van der Waals surface area contributed by atoms with Gasteiger partial charge in [-0.1, -0.05) is 30.3 Å². The minimum atomic E-state index is -1.28. The summed E-state index contributed by atoms with van der Waals surface area (Å²) in [5.74, 6) is -0.381. The summed E-state index contributed by atoms with van der Waals surface area (Å²) < 4.78 is 5.72. The molecule has 4 heteroatoms. The maximum Gasteiger partial charge on any atom is 0.363 e. The molecule has 1 aliphatic heterocycles. The van der Waals surface area contributed by atoms with E-state index >= 15 is 0 Å². The molecule has 1 atom stereocenters. The zero-order valence-electron chi connectivity index (χ0n) is 10.4. The van der Waals surface area contributed by atoms with Crippen LogP contribution in [0.4, 0.5) is 0 Å². The highest BCUT2D eigenvalue weighted by Crippen LogP contribution is 2.27. The maximum atomic E-state index is 11.4. The van der Waals surface area contributed by atoms with Crippen LogP contribution in [0.5, 0.6) is 5.75 Å². The van der Waals surface area contributed by atoms with Gasteiger partial charge in [0.15, 0.2) is 0 Å². The highest BCUT2D eigenvalue weighted by molar-refractivity contribution is 5.84. The highest BCUT2D eigenvalue weighted by atomic mass is 16.5. The molecule has 0 saturated carbocycles. The van der Waals surface area contributed by atoms with Crippen LogP contribution in [0, 0.1) is 0 Å². The van der Waals surface area contributed by atoms with Crippen LogP contribution in [0.25, 0.3) is 10.8 Å². The summed E-state index contributed by atoms with van der Waals surface area (Å²) in [6, 6.07) is 13.5. The Hall–Kier alpha value is -2.07. The Morgan fingerprint density at radius 2 is 2.00 bits per heavy atom. The van der Waals surface area contributed by atoms with Crippen molar-refractivity contribution in [3.05, 3.63) is 42.5 Å². The number of carboxylic acid groups (broad SMARTS) is 1. The van der Waals surface area contributed by atoms with Crippen LogP contribution in [0.1, 0.15) is 12.8 Å². The van der Waals surface area contributed by atoms with Gasteiger partial charge in [0.2, 0.25) is 0 Å². The number of rotatable bonds is 3. The fraction of sp³-hybridized carbons (Fsp3) is 0.267. The van der Waals surface area contributed by atoms with E-state index in [-0.39, 0.29) is 0 Å². The predicted molar refractivity (Wildman–Crippen MR) is 72.2 cm³/mol. The van der Waals surface area contributed by atoms with Gasteiger partial charge in [0.05, 0.1) is 0 Å². The van der Waals surface area contributed by atoms with Crippen molar-refractivity contribution >= 4 is 16.7 Å². The summed E-state index contributed by atoms with van der Waals surface area (Å²) in [7, 11) is 0. The molecule has 2 N–H and O–H groups in total. The Morgan fingerprint density at radius 1 is 1.21 bits per heavy atom. The van der Waals surface area contributed by atoms with E-state index in [9.17, 15) is 9.90 Å². The summed E-state index contributed by atoms with van der Waals surface area (Å²) in [5, 5.41) is 14.4. The number of ether oxygens (including phenoxy) is 1. The van der Waals surface area contributed by atoms with Gasteiger partial charge >= 0.3 is 5.97 Å². The summed E-state index contributed by atoms with van der Waals surface area (Å²) in [6.07, 6.45) is 1.29. The second-order valence-electron chi connectivity index (χ2n) is 4.77. The second-order valence-corrected chi connectivity index (χ2v) is 4.77. The molecule has 1 heterocycles. The first-order valence-electron chi connectivity index (χ1n) is 6.36. The molecule has 3 rings (SSSR count). The first-order valence-corrected chi connectivity index (χ1v) is 6.36. The standard InChI is InChI=1S/C15H15NO3/c17-14(18)15(8-3-9-16-15)19-13-7-6-11-4-1-2-5-12(11)10-13/h1-2,4-7,10,16H,3,8-9H2,(H,17,18)/t15-/m1/s1. The fourth-order valence-corrected chi connectivity index (χ4v) is 2.46. The molecule has 1 saturated heterocycles. The zero-order chi connectivity index (χ0) is 13.3. The van der Waals surface area contributed by atoms with Crippen LogP contribution in [0.15, 0.2) is 42.5 Å². The average molecular weight is 257 g/mol. The number of nitrogens with one attached hydrogen (secondary N) is 1. The first kappa shape index (κ1) is 12.0. The minimum absolute atomic E-state index is 0.481. The summed E-state index contributed by atoms with van der Waals surface area (Å²) in [5.41, 5.74) is -1.28. The number of hydrogen-bond acceptors (Lipinski definition) is 3. The normalized spacial score (nSPS) is 22.5. The van der Waals surface area contributed by atoms with Gasteiger partial charge in [0, 0.05) is 6.42 Å². The molecule has 0 bridgehead atoms. The molecule has 0 unspecified atom stereocenters. The van der Waals surface area contributed by atoms with Gasteiger partial charge in [-0.05, 0) is 35.9 Å². The van der Waals surface area contributed by atoms with Gasteiger partial charge in [0.25, 0.3) is 5.72 Å². The van der Waals surface area contributed by atoms with E-state index in [0.717, 1.165) is 17.2 Å². The summed E-state index contributed by atoms with van der Waals surface area (Å²) in [4.78, 5) is 11.4. The third kappa shape index (κ3) is 2.15. The van der Waals surface area contributed by atoms with E-state index in [1.54, 1.807) is 0 Å². The van der Waals surface area contributed by atoms with Crippen LogP contribution < -0.4 is 10.1 Å². The Morgan fingerprint density at radius 3 is 2.68 bits per heavy atom. The summed E-state index contributed by atoms with van der Waals surface area (Å²) in [6.45, 7) is 0.667. The number of carbonyl (C=O) groups is 1. The minimum Gasteiger partial charge on any atom is -0.477 e. The van der Waals surface area contributed by atoms with Crippen molar-refractivity contribution in [2.75, 3.05) is 6.54 Å². The lowest BCUT2D eigenvalue weighted by Gasteiger charge is -2.25. The second kappa shape index (κ2) is 4.55. The smallest absolute Gasteiger partial charge is 0.363 e. The number of aliphatic carboxylic acids is 1. The van der Waals surface area contributed by atoms with E-state index < -0.39 is 11.7 Å². The highest BCUT2D eigenvalue weighted by Gasteiger charge is 2.43. The number of carboxylic acids is 1. The Balaban J connectivity index is 1.94. The lowest BCUT2D eigenvalue weighted by molar-refractivity contribution is -0.157. The molecule has 19 heavy (non-hydrogen) atoms. The predicted octanol–water partition coefficient (Wildman–Crippen LogP) is 2.38. The van der Waals surface area contributed by atoms with Crippen LogP contribution >= 0.6 is 0 Å². The quantitative estimate of drug-likeness (QED) is 0.886. The molecule has 0 radical (unpaired) electrons. The van der Waals surface area contributed by atoms with E-state index in [1.807, 2.05) is 42.5 Å². The molecular weight excluding hydrogens is 242 g/mol. The van der Waals surface area contributed by atoms with Crippen LogP contribution in [-0.2, 0) is 4.79 Å². The van der Waals surface area contributed by atoms with Crippen LogP contribution in [0.3, 0.4) is 0 Å². The third-order valence-electron chi connectivity index (χ3n) is 3.47. The van der Waals surface area contributed by atoms with E-state index in [1.165, 1.54) is 0 Å². The molecule has 2 aromatic rings. The Labute approximate surface area is 111 Å². The fourth-order valence-electron chi connectivity index (χ4n) is 2.46.